The number of hydrogen-bond donors (Lipinski definition) is 0. The largest absolute Gasteiger partial charge is 0.456 e. The van der Waals surface area contributed by atoms with Crippen molar-refractivity contribution >= 4 is 35.3 Å². The van der Waals surface area contributed by atoms with Crippen LogP contribution in [0.15, 0.2) is 30.4 Å². The number of aryl methyl sites for hydroxylation is 2. The number of allylic oxidation sites excluding steroid dienone is 2. The summed E-state index contributed by atoms with van der Waals surface area (Å²) in [5, 5.41) is 0. The van der Waals surface area contributed by atoms with Crippen molar-refractivity contribution in [2.75, 3.05) is 18.6 Å². The van der Waals surface area contributed by atoms with Crippen LogP contribution in [0.1, 0.15) is 34.3 Å². The fraction of sp³-hybridized carbons (Fsp3) is 0.538. The van der Waals surface area contributed by atoms with Gasteiger partial charge in [0.15, 0.2) is 12.4 Å². The molecular formula is C26H29NO5S. The topological polar surface area (TPSA) is 80.8 Å². The van der Waals surface area contributed by atoms with E-state index in [9.17, 15) is 19.2 Å². The summed E-state index contributed by atoms with van der Waals surface area (Å²) in [4.78, 5) is 53.7. The number of carbonyl (C=O) groups is 4. The van der Waals surface area contributed by atoms with Gasteiger partial charge >= 0.3 is 5.97 Å². The lowest BCUT2D eigenvalue weighted by Gasteiger charge is -2.37. The minimum absolute atomic E-state index is 0.107. The third-order valence-corrected chi connectivity index (χ3v) is 8.69. The zero-order chi connectivity index (χ0) is 23.4. The van der Waals surface area contributed by atoms with Gasteiger partial charge in [-0.2, -0.15) is 11.8 Å². The van der Waals surface area contributed by atoms with E-state index in [0.717, 1.165) is 17.5 Å². The van der Waals surface area contributed by atoms with Gasteiger partial charge in [0.25, 0.3) is 0 Å². The number of carbonyl (C=O) groups excluding carboxylic acids is 4. The lowest BCUT2D eigenvalue weighted by molar-refractivity contribution is -0.158. The molecule has 2 saturated carbocycles. The standard InChI is InChI=1S/C26H29NO5S/c1-13-4-5-15(10-14(13)2)21(28)12-32-26(31)20(8-9-33-3)27-24(29)22-16-6-7-17(19-11-18(16)19)23(22)25(27)30/h4-7,10,16-20,22-23H,8-9,11-12H2,1-3H3/t16-,17-,18-,19-,20-,22+,23+/m1/s1. The van der Waals surface area contributed by atoms with Crippen LogP contribution in [0.25, 0.3) is 0 Å². The van der Waals surface area contributed by atoms with Crippen LogP contribution in [0.2, 0.25) is 0 Å². The molecule has 2 amide bonds. The van der Waals surface area contributed by atoms with Gasteiger partial charge < -0.3 is 4.74 Å². The second kappa shape index (κ2) is 8.42. The van der Waals surface area contributed by atoms with E-state index in [4.69, 9.17) is 4.74 Å². The fourth-order valence-electron chi connectivity index (χ4n) is 6.10. The van der Waals surface area contributed by atoms with E-state index in [2.05, 4.69) is 12.2 Å². The summed E-state index contributed by atoms with van der Waals surface area (Å²) in [6.45, 7) is 3.48. The van der Waals surface area contributed by atoms with Crippen molar-refractivity contribution in [3.8, 4) is 0 Å². The summed E-state index contributed by atoms with van der Waals surface area (Å²) >= 11 is 1.54. The summed E-state index contributed by atoms with van der Waals surface area (Å²) in [5.41, 5.74) is 2.55. The molecule has 33 heavy (non-hydrogen) atoms. The molecule has 174 valence electrons. The van der Waals surface area contributed by atoms with E-state index >= 15 is 0 Å². The van der Waals surface area contributed by atoms with Crippen LogP contribution in [0.4, 0.5) is 0 Å². The highest BCUT2D eigenvalue weighted by atomic mass is 32.2. The molecule has 0 unspecified atom stereocenters. The maximum atomic E-state index is 13.4. The molecule has 7 heteroatoms. The zero-order valence-corrected chi connectivity index (χ0v) is 20.0. The Labute approximate surface area is 198 Å². The molecule has 6 rings (SSSR count). The van der Waals surface area contributed by atoms with Crippen molar-refractivity contribution in [3.63, 3.8) is 0 Å². The van der Waals surface area contributed by atoms with Crippen molar-refractivity contribution in [2.45, 2.75) is 32.7 Å². The molecule has 0 spiro atoms. The molecule has 4 aliphatic carbocycles. The number of amides is 2. The van der Waals surface area contributed by atoms with Crippen LogP contribution in [-0.2, 0) is 19.1 Å². The molecular weight excluding hydrogens is 438 g/mol. The normalized spacial score (nSPS) is 31.9. The Kier molecular flexibility index (Phi) is 5.71. The highest BCUT2D eigenvalue weighted by Gasteiger charge is 2.68. The van der Waals surface area contributed by atoms with Gasteiger partial charge in [-0.05, 0) is 79.6 Å². The van der Waals surface area contributed by atoms with Crippen molar-refractivity contribution in [1.82, 2.24) is 4.90 Å². The maximum absolute atomic E-state index is 13.4. The third kappa shape index (κ3) is 3.65. The number of ketones is 1. The minimum atomic E-state index is -0.980. The summed E-state index contributed by atoms with van der Waals surface area (Å²) in [7, 11) is 0. The van der Waals surface area contributed by atoms with Crippen LogP contribution in [-0.4, -0.2) is 53.1 Å². The SMILES string of the molecule is CSCC[C@H](C(=O)OCC(=O)c1ccc(C)c(C)c1)N1C(=O)[C@H]2[C@@H]3C=C[C@H]([C@H]4C[C@H]34)[C@@H]2C1=O. The van der Waals surface area contributed by atoms with Crippen LogP contribution < -0.4 is 0 Å². The second-order valence-electron chi connectivity index (χ2n) is 9.83. The van der Waals surface area contributed by atoms with Gasteiger partial charge in [0.1, 0.15) is 6.04 Å². The van der Waals surface area contributed by atoms with E-state index < -0.39 is 18.6 Å². The van der Waals surface area contributed by atoms with Gasteiger partial charge in [-0.15, -0.1) is 0 Å². The predicted octanol–water partition coefficient (Wildman–Crippen LogP) is 3.20. The molecule has 0 radical (unpaired) electrons. The van der Waals surface area contributed by atoms with Crippen LogP contribution >= 0.6 is 11.8 Å². The van der Waals surface area contributed by atoms with Gasteiger partial charge in [-0.3, -0.25) is 19.3 Å². The molecule has 3 fully saturated rings. The molecule has 1 aromatic carbocycles. The number of nitrogens with zero attached hydrogens (tertiary/aromatic N) is 1. The zero-order valence-electron chi connectivity index (χ0n) is 19.2. The van der Waals surface area contributed by atoms with Crippen molar-refractivity contribution in [1.29, 1.82) is 0 Å². The first-order valence-corrected chi connectivity index (χ1v) is 13.0. The van der Waals surface area contributed by atoms with Crippen molar-refractivity contribution in [3.05, 3.63) is 47.0 Å². The summed E-state index contributed by atoms with van der Waals surface area (Å²) < 4.78 is 5.39. The fourth-order valence-corrected chi connectivity index (χ4v) is 6.56. The number of imide groups is 1. The molecule has 0 N–H and O–H groups in total. The predicted molar refractivity (Wildman–Crippen MR) is 125 cm³/mol. The summed E-state index contributed by atoms with van der Waals surface area (Å²) in [5.74, 6) is -0.321. The number of Topliss-reactive ketones (excluding diaryl/α,β-unsaturated/α-hetero) is 1. The Balaban J connectivity index is 1.31. The van der Waals surface area contributed by atoms with Gasteiger partial charge in [-0.25, -0.2) is 4.79 Å². The van der Waals surface area contributed by atoms with Crippen LogP contribution in [0.3, 0.4) is 0 Å². The molecule has 5 aliphatic rings. The lowest BCUT2D eigenvalue weighted by atomic mass is 9.63. The van der Waals surface area contributed by atoms with Gasteiger partial charge in [0.2, 0.25) is 11.8 Å². The van der Waals surface area contributed by atoms with E-state index in [1.54, 1.807) is 23.9 Å². The minimum Gasteiger partial charge on any atom is -0.456 e. The number of rotatable bonds is 8. The molecule has 6 nitrogen and oxygen atoms in total. The number of esters is 1. The highest BCUT2D eigenvalue weighted by Crippen LogP contribution is 2.65. The van der Waals surface area contributed by atoms with Gasteiger partial charge in [-0.1, -0.05) is 24.3 Å². The number of thioether (sulfide) groups is 1. The average Bonchev–Trinajstić information content (AvgIpc) is 3.59. The smallest absolute Gasteiger partial charge is 0.329 e. The van der Waals surface area contributed by atoms with E-state index in [-0.39, 0.29) is 41.3 Å². The Bertz CT molecular complexity index is 1030. The number of likely N-dealkylation sites (tertiary alicyclic amines) is 1. The molecule has 7 atom stereocenters. The molecule has 1 heterocycles. The molecule has 2 bridgehead atoms. The van der Waals surface area contributed by atoms with E-state index in [1.165, 1.54) is 4.90 Å². The Morgan fingerprint density at radius 1 is 1.06 bits per heavy atom. The lowest BCUT2D eigenvalue weighted by Crippen LogP contribution is -2.47. The van der Waals surface area contributed by atoms with Crippen LogP contribution in [0, 0.1) is 49.4 Å². The Morgan fingerprint density at radius 3 is 2.27 bits per heavy atom. The van der Waals surface area contributed by atoms with E-state index in [0.29, 0.717) is 29.6 Å². The third-order valence-electron chi connectivity index (χ3n) is 8.05. The Hall–Kier alpha value is -2.41. The van der Waals surface area contributed by atoms with Gasteiger partial charge in [0.05, 0.1) is 11.8 Å². The molecule has 0 aromatic heterocycles. The number of ether oxygens (including phenoxy) is 1. The quantitative estimate of drug-likeness (QED) is 0.253. The maximum Gasteiger partial charge on any atom is 0.329 e. The highest BCUT2D eigenvalue weighted by molar-refractivity contribution is 7.98. The Morgan fingerprint density at radius 2 is 1.70 bits per heavy atom. The summed E-state index contributed by atoms with van der Waals surface area (Å²) in [6.07, 6.45) is 7.56. The first kappa shape index (κ1) is 22.4. The number of benzene rings is 1. The van der Waals surface area contributed by atoms with Crippen LogP contribution in [0.5, 0.6) is 0 Å². The first-order chi connectivity index (χ1) is 15.8. The average molecular weight is 468 g/mol. The van der Waals surface area contributed by atoms with E-state index in [1.807, 2.05) is 26.2 Å². The summed E-state index contributed by atoms with van der Waals surface area (Å²) in [6, 6.07) is 4.38. The van der Waals surface area contributed by atoms with Crippen molar-refractivity contribution in [2.24, 2.45) is 35.5 Å². The first-order valence-electron chi connectivity index (χ1n) is 11.6. The number of hydrogen-bond acceptors (Lipinski definition) is 6. The monoisotopic (exact) mass is 467 g/mol. The molecule has 1 saturated heterocycles. The van der Waals surface area contributed by atoms with Gasteiger partial charge in [0, 0.05) is 5.56 Å². The second-order valence-corrected chi connectivity index (χ2v) is 10.8. The van der Waals surface area contributed by atoms with Crippen molar-refractivity contribution < 1.29 is 23.9 Å². The molecule has 1 aliphatic heterocycles. The molecule has 1 aromatic rings.